The molecule has 0 fully saturated rings. The molecule has 1 aromatic carbocycles. The van der Waals surface area contributed by atoms with Crippen molar-refractivity contribution in [1.29, 1.82) is 0 Å². The van der Waals surface area contributed by atoms with E-state index in [4.69, 9.17) is 18.9 Å². The molecule has 0 saturated heterocycles. The lowest BCUT2D eigenvalue weighted by Crippen LogP contribution is -2.42. The zero-order valence-corrected chi connectivity index (χ0v) is 15.7. The Morgan fingerprint density at radius 2 is 1.76 bits per heavy atom. The van der Waals surface area contributed by atoms with Gasteiger partial charge in [0, 0.05) is 27.3 Å². The first-order valence-electron chi connectivity index (χ1n) is 8.51. The Bertz CT molecular complexity index is 480. The van der Waals surface area contributed by atoms with Gasteiger partial charge in [0.15, 0.2) is 5.96 Å². The van der Waals surface area contributed by atoms with Crippen LogP contribution in [0.15, 0.2) is 29.3 Å². The van der Waals surface area contributed by atoms with E-state index in [0.29, 0.717) is 26.4 Å². The van der Waals surface area contributed by atoms with Gasteiger partial charge in [0.1, 0.15) is 17.6 Å². The van der Waals surface area contributed by atoms with E-state index in [0.717, 1.165) is 30.4 Å². The highest BCUT2D eigenvalue weighted by atomic mass is 16.5. The number of rotatable bonds is 12. The van der Waals surface area contributed by atoms with Gasteiger partial charge in [-0.1, -0.05) is 0 Å². The summed E-state index contributed by atoms with van der Waals surface area (Å²) in [6, 6.07) is 7.55. The average Bonchev–Trinajstić information content (AvgIpc) is 2.64. The fourth-order valence-corrected chi connectivity index (χ4v) is 2.01. The molecule has 7 heteroatoms. The largest absolute Gasteiger partial charge is 0.497 e. The average molecular weight is 353 g/mol. The Balaban J connectivity index is 2.18. The lowest BCUT2D eigenvalue weighted by molar-refractivity contribution is 0.0698. The Kier molecular flexibility index (Phi) is 11.2. The Labute approximate surface area is 150 Å². The summed E-state index contributed by atoms with van der Waals surface area (Å²) < 4.78 is 21.3. The lowest BCUT2D eigenvalue weighted by atomic mass is 10.3. The van der Waals surface area contributed by atoms with Crippen LogP contribution in [0.3, 0.4) is 0 Å². The quantitative estimate of drug-likeness (QED) is 0.338. The molecule has 1 atom stereocenters. The highest BCUT2D eigenvalue weighted by molar-refractivity contribution is 5.79. The predicted octanol–water partition coefficient (Wildman–Crippen LogP) is 1.68. The first-order valence-corrected chi connectivity index (χ1v) is 8.51. The van der Waals surface area contributed by atoms with Gasteiger partial charge in [0.25, 0.3) is 0 Å². The minimum absolute atomic E-state index is 0.00400. The molecule has 1 rings (SSSR count). The van der Waals surface area contributed by atoms with Crippen molar-refractivity contribution in [2.45, 2.75) is 19.4 Å². The predicted molar refractivity (Wildman–Crippen MR) is 99.8 cm³/mol. The van der Waals surface area contributed by atoms with Gasteiger partial charge >= 0.3 is 0 Å². The van der Waals surface area contributed by atoms with Crippen molar-refractivity contribution in [3.63, 3.8) is 0 Å². The highest BCUT2D eigenvalue weighted by Crippen LogP contribution is 2.17. The van der Waals surface area contributed by atoms with Gasteiger partial charge in [-0.3, -0.25) is 4.99 Å². The SMILES string of the molecule is CN=C(NCCCOCCOC)NCC(C)Oc1ccc(OC)cc1. The van der Waals surface area contributed by atoms with E-state index in [2.05, 4.69) is 15.6 Å². The monoisotopic (exact) mass is 353 g/mol. The van der Waals surface area contributed by atoms with E-state index in [1.807, 2.05) is 31.2 Å². The van der Waals surface area contributed by atoms with Crippen LogP contribution >= 0.6 is 0 Å². The van der Waals surface area contributed by atoms with Gasteiger partial charge in [-0.25, -0.2) is 0 Å². The van der Waals surface area contributed by atoms with Gasteiger partial charge in [0.2, 0.25) is 0 Å². The zero-order valence-electron chi connectivity index (χ0n) is 15.7. The van der Waals surface area contributed by atoms with Crippen LogP contribution in [0.4, 0.5) is 0 Å². The van der Waals surface area contributed by atoms with Gasteiger partial charge < -0.3 is 29.6 Å². The maximum atomic E-state index is 5.86. The second kappa shape index (κ2) is 13.3. The standard InChI is InChI=1S/C18H31N3O4/c1-15(25-17-8-6-16(23-4)7-9-17)14-21-18(19-2)20-10-5-11-24-13-12-22-3/h6-9,15H,5,10-14H2,1-4H3,(H2,19,20,21). The van der Waals surface area contributed by atoms with Crippen LogP contribution in [0, 0.1) is 0 Å². The number of benzene rings is 1. The summed E-state index contributed by atoms with van der Waals surface area (Å²) in [5.41, 5.74) is 0. The van der Waals surface area contributed by atoms with Crippen LogP contribution in [0.1, 0.15) is 13.3 Å². The summed E-state index contributed by atoms with van der Waals surface area (Å²) in [5, 5.41) is 6.50. The lowest BCUT2D eigenvalue weighted by Gasteiger charge is -2.18. The maximum Gasteiger partial charge on any atom is 0.191 e. The topological polar surface area (TPSA) is 73.3 Å². The maximum absolute atomic E-state index is 5.86. The molecule has 0 radical (unpaired) electrons. The van der Waals surface area contributed by atoms with Crippen LogP contribution < -0.4 is 20.1 Å². The molecule has 25 heavy (non-hydrogen) atoms. The van der Waals surface area contributed by atoms with E-state index < -0.39 is 0 Å². The second-order valence-corrected chi connectivity index (χ2v) is 5.44. The summed E-state index contributed by atoms with van der Waals surface area (Å²) in [6.07, 6.45) is 0.909. The highest BCUT2D eigenvalue weighted by Gasteiger charge is 2.06. The third kappa shape index (κ3) is 9.79. The number of methoxy groups -OCH3 is 2. The minimum atomic E-state index is 0.00400. The number of ether oxygens (including phenoxy) is 4. The molecule has 1 aromatic rings. The van der Waals surface area contributed by atoms with Crippen molar-refractivity contribution < 1.29 is 18.9 Å². The van der Waals surface area contributed by atoms with Crippen LogP contribution in [0.25, 0.3) is 0 Å². The summed E-state index contributed by atoms with van der Waals surface area (Å²) in [7, 11) is 5.06. The summed E-state index contributed by atoms with van der Waals surface area (Å²) in [6.45, 7) is 5.40. The molecular formula is C18H31N3O4. The van der Waals surface area contributed by atoms with Crippen molar-refractivity contribution in [3.05, 3.63) is 24.3 Å². The van der Waals surface area contributed by atoms with E-state index >= 15 is 0 Å². The molecule has 0 saturated carbocycles. The van der Waals surface area contributed by atoms with E-state index in [9.17, 15) is 0 Å². The second-order valence-electron chi connectivity index (χ2n) is 5.44. The van der Waals surface area contributed by atoms with Crippen LogP contribution in [-0.2, 0) is 9.47 Å². The first-order chi connectivity index (χ1) is 12.2. The molecule has 0 aliphatic carbocycles. The number of aliphatic imine (C=N–C) groups is 1. The zero-order chi connectivity index (χ0) is 18.3. The fourth-order valence-electron chi connectivity index (χ4n) is 2.01. The van der Waals surface area contributed by atoms with E-state index in [-0.39, 0.29) is 6.10 Å². The van der Waals surface area contributed by atoms with Crippen molar-refractivity contribution in [2.75, 3.05) is 54.2 Å². The Morgan fingerprint density at radius 1 is 1.04 bits per heavy atom. The third-order valence-corrected chi connectivity index (χ3v) is 3.37. The Hall–Kier alpha value is -1.99. The number of hydrogen-bond donors (Lipinski definition) is 2. The van der Waals surface area contributed by atoms with Crippen molar-refractivity contribution in [2.24, 2.45) is 4.99 Å². The van der Waals surface area contributed by atoms with Gasteiger partial charge in [0.05, 0.1) is 26.9 Å². The molecule has 0 aromatic heterocycles. The molecule has 7 nitrogen and oxygen atoms in total. The van der Waals surface area contributed by atoms with Gasteiger partial charge in [-0.15, -0.1) is 0 Å². The number of hydrogen-bond acceptors (Lipinski definition) is 5. The summed E-state index contributed by atoms with van der Waals surface area (Å²) in [5.74, 6) is 2.38. The smallest absolute Gasteiger partial charge is 0.191 e. The van der Waals surface area contributed by atoms with Crippen LogP contribution in [0.2, 0.25) is 0 Å². The first kappa shape index (κ1) is 21.1. The molecular weight excluding hydrogens is 322 g/mol. The van der Waals surface area contributed by atoms with Crippen molar-refractivity contribution in [3.8, 4) is 11.5 Å². The molecule has 0 aliphatic rings. The van der Waals surface area contributed by atoms with Crippen LogP contribution in [0.5, 0.6) is 11.5 Å². The molecule has 0 heterocycles. The molecule has 0 bridgehead atoms. The molecule has 0 aliphatic heterocycles. The van der Waals surface area contributed by atoms with Crippen molar-refractivity contribution >= 4 is 5.96 Å². The fraction of sp³-hybridized carbons (Fsp3) is 0.611. The number of nitrogens with zero attached hydrogens (tertiary/aromatic N) is 1. The van der Waals surface area contributed by atoms with Crippen molar-refractivity contribution in [1.82, 2.24) is 10.6 Å². The van der Waals surface area contributed by atoms with E-state index in [1.165, 1.54) is 0 Å². The third-order valence-electron chi connectivity index (χ3n) is 3.37. The van der Waals surface area contributed by atoms with Gasteiger partial charge in [-0.2, -0.15) is 0 Å². The van der Waals surface area contributed by atoms with Gasteiger partial charge in [-0.05, 0) is 37.6 Å². The molecule has 1 unspecified atom stereocenters. The normalized spacial score (nSPS) is 12.6. The molecule has 0 spiro atoms. The molecule has 2 N–H and O–H groups in total. The molecule has 0 amide bonds. The summed E-state index contributed by atoms with van der Waals surface area (Å²) >= 11 is 0. The van der Waals surface area contributed by atoms with E-state index in [1.54, 1.807) is 21.3 Å². The Morgan fingerprint density at radius 3 is 2.40 bits per heavy atom. The minimum Gasteiger partial charge on any atom is -0.497 e. The molecule has 142 valence electrons. The van der Waals surface area contributed by atoms with Crippen LogP contribution in [-0.4, -0.2) is 66.2 Å². The number of nitrogens with one attached hydrogen (secondary N) is 2. The number of guanidine groups is 1. The summed E-state index contributed by atoms with van der Waals surface area (Å²) in [4.78, 5) is 4.20.